The maximum absolute atomic E-state index is 5.26. The Labute approximate surface area is 195 Å². The molecule has 0 saturated heterocycles. The molecule has 0 rings (SSSR count). The molecular weight excluding hydrogens is 458 g/mol. The van der Waals surface area contributed by atoms with Crippen molar-refractivity contribution < 1.29 is 18.9 Å². The molecule has 0 aromatic heterocycles. The summed E-state index contributed by atoms with van der Waals surface area (Å²) in [7, 11) is 0. The van der Waals surface area contributed by atoms with Crippen LogP contribution in [-0.4, -0.2) is 113 Å². The maximum Gasteiger partial charge on any atom is 2.00 e. The van der Waals surface area contributed by atoms with Crippen LogP contribution >= 0.6 is 0 Å². The van der Waals surface area contributed by atoms with Crippen molar-refractivity contribution in [2.75, 3.05) is 64.4 Å². The first-order chi connectivity index (χ1) is 10.8. The molecule has 0 fully saturated rings. The molecule has 0 atom stereocenters. The molecular formula is C16H34BaO4S2. The van der Waals surface area contributed by atoms with Gasteiger partial charge in [0.1, 0.15) is 0 Å². The minimum atomic E-state index is 0. The molecule has 23 heavy (non-hydrogen) atoms. The summed E-state index contributed by atoms with van der Waals surface area (Å²) in [6, 6.07) is 0. The number of ether oxygens (including phenoxy) is 4. The Balaban J connectivity index is -0.000000333. The average molecular weight is 492 g/mol. The molecule has 7 heteroatoms. The van der Waals surface area contributed by atoms with E-state index in [-0.39, 0.29) is 48.9 Å². The van der Waals surface area contributed by atoms with Gasteiger partial charge >= 0.3 is 48.9 Å². The van der Waals surface area contributed by atoms with Crippen LogP contribution in [0.5, 0.6) is 0 Å². The van der Waals surface area contributed by atoms with Gasteiger partial charge in [-0.15, -0.1) is 0 Å². The molecule has 0 aliphatic rings. The largest absolute Gasteiger partial charge is 2.00 e. The van der Waals surface area contributed by atoms with E-state index in [4.69, 9.17) is 44.2 Å². The van der Waals surface area contributed by atoms with E-state index < -0.39 is 0 Å². The zero-order valence-corrected chi connectivity index (χ0v) is 21.1. The fourth-order valence-electron chi connectivity index (χ4n) is 1.25. The fourth-order valence-corrected chi connectivity index (χ4v) is 1.49. The first kappa shape index (κ1) is 29.9. The summed E-state index contributed by atoms with van der Waals surface area (Å²) in [6.45, 7) is 10.1. The van der Waals surface area contributed by atoms with E-state index >= 15 is 0 Å². The van der Waals surface area contributed by atoms with Gasteiger partial charge < -0.3 is 44.2 Å². The topological polar surface area (TPSA) is 36.9 Å². The molecule has 0 aliphatic carbocycles. The Morgan fingerprint density at radius 1 is 0.522 bits per heavy atom. The second-order valence-electron chi connectivity index (χ2n) is 4.56. The average Bonchev–Trinajstić information content (AvgIpc) is 2.54. The number of rotatable bonds is 16. The predicted octanol–water partition coefficient (Wildman–Crippen LogP) is 2.35. The normalized spacial score (nSPS) is 9.91. The van der Waals surface area contributed by atoms with Crippen LogP contribution in [0.3, 0.4) is 0 Å². The molecule has 0 saturated carbocycles. The van der Waals surface area contributed by atoms with Crippen molar-refractivity contribution in [2.45, 2.75) is 39.5 Å². The molecule has 0 aromatic rings. The quantitative estimate of drug-likeness (QED) is 0.187. The standard InChI is InChI=1S/2C8H18O2S.Ba/c2*1-2-3-4-9-5-6-10-7-8-11;/h2*11H,2-8H2,1H3;/q;;+2/p-2. The van der Waals surface area contributed by atoms with Crippen LogP contribution < -0.4 is 0 Å². The molecule has 0 aliphatic heterocycles. The van der Waals surface area contributed by atoms with E-state index in [9.17, 15) is 0 Å². The van der Waals surface area contributed by atoms with Crippen molar-refractivity contribution >= 4 is 74.1 Å². The van der Waals surface area contributed by atoms with Crippen molar-refractivity contribution in [3.63, 3.8) is 0 Å². The van der Waals surface area contributed by atoms with E-state index in [2.05, 4.69) is 13.8 Å². The molecule has 0 aromatic carbocycles. The van der Waals surface area contributed by atoms with E-state index in [1.54, 1.807) is 0 Å². The van der Waals surface area contributed by atoms with Crippen LogP contribution in [-0.2, 0) is 44.2 Å². The van der Waals surface area contributed by atoms with E-state index in [0.717, 1.165) is 26.1 Å². The van der Waals surface area contributed by atoms with Crippen molar-refractivity contribution in [3.8, 4) is 0 Å². The summed E-state index contributed by atoms with van der Waals surface area (Å²) < 4.78 is 20.8. The molecule has 0 bridgehead atoms. The van der Waals surface area contributed by atoms with Gasteiger partial charge in [-0.05, 0) is 12.8 Å². The van der Waals surface area contributed by atoms with Crippen LogP contribution in [0.4, 0.5) is 0 Å². The van der Waals surface area contributed by atoms with Crippen molar-refractivity contribution in [2.24, 2.45) is 0 Å². The van der Waals surface area contributed by atoms with Crippen molar-refractivity contribution in [1.29, 1.82) is 0 Å². The minimum absolute atomic E-state index is 0. The zero-order chi connectivity index (χ0) is 16.7. The third-order valence-electron chi connectivity index (χ3n) is 2.48. The fraction of sp³-hybridized carbons (Fsp3) is 1.00. The predicted molar refractivity (Wildman–Crippen MR) is 103 cm³/mol. The molecule has 0 radical (unpaired) electrons. The smallest absolute Gasteiger partial charge is 0.790 e. The third kappa shape index (κ3) is 35.9. The van der Waals surface area contributed by atoms with Gasteiger partial charge in [-0.2, -0.15) is 11.5 Å². The molecule has 4 nitrogen and oxygen atoms in total. The number of hydrogen-bond acceptors (Lipinski definition) is 6. The molecule has 136 valence electrons. The Bertz CT molecular complexity index is 146. The second-order valence-corrected chi connectivity index (χ2v) is 5.38. The van der Waals surface area contributed by atoms with Crippen LogP contribution in [0.1, 0.15) is 39.5 Å². The van der Waals surface area contributed by atoms with Gasteiger partial charge in [0.25, 0.3) is 0 Å². The van der Waals surface area contributed by atoms with Gasteiger partial charge in [0.15, 0.2) is 0 Å². The molecule has 0 heterocycles. The van der Waals surface area contributed by atoms with Crippen LogP contribution in [0.25, 0.3) is 0 Å². The number of unbranched alkanes of at least 4 members (excludes halogenated alkanes) is 2. The first-order valence-electron chi connectivity index (χ1n) is 8.30. The zero-order valence-electron chi connectivity index (χ0n) is 15.1. The molecule has 0 N–H and O–H groups in total. The molecule has 0 amide bonds. The van der Waals surface area contributed by atoms with Crippen LogP contribution in [0.15, 0.2) is 0 Å². The third-order valence-corrected chi connectivity index (χ3v) is 2.82. The van der Waals surface area contributed by atoms with E-state index in [0.29, 0.717) is 51.1 Å². The van der Waals surface area contributed by atoms with Gasteiger partial charge in [-0.1, -0.05) is 26.7 Å². The molecule has 0 unspecified atom stereocenters. The summed E-state index contributed by atoms with van der Waals surface area (Å²) in [4.78, 5) is 0. The Morgan fingerprint density at radius 2 is 0.826 bits per heavy atom. The Kier molecular flexibility index (Phi) is 41.3. The van der Waals surface area contributed by atoms with Gasteiger partial charge in [-0.25, -0.2) is 0 Å². The minimum Gasteiger partial charge on any atom is -0.790 e. The van der Waals surface area contributed by atoms with Gasteiger partial charge in [0.05, 0.1) is 26.4 Å². The van der Waals surface area contributed by atoms with Crippen LogP contribution in [0, 0.1) is 0 Å². The number of hydrogen-bond donors (Lipinski definition) is 0. The van der Waals surface area contributed by atoms with Gasteiger partial charge in [-0.3, -0.25) is 0 Å². The first-order valence-corrected chi connectivity index (χ1v) is 9.46. The monoisotopic (exact) mass is 492 g/mol. The molecule has 0 spiro atoms. The summed E-state index contributed by atoms with van der Waals surface area (Å²) in [6.07, 6.45) is 4.65. The van der Waals surface area contributed by atoms with E-state index in [1.807, 2.05) is 0 Å². The summed E-state index contributed by atoms with van der Waals surface area (Å²) in [5.74, 6) is 1.35. The Morgan fingerprint density at radius 3 is 1.09 bits per heavy atom. The Hall–Kier alpha value is 2.11. The van der Waals surface area contributed by atoms with Crippen molar-refractivity contribution in [3.05, 3.63) is 0 Å². The second kappa shape index (κ2) is 31.8. The maximum atomic E-state index is 5.26. The SMILES string of the molecule is CCCCOCCOCC[S-].CCCCOCCOCC[S-].[Ba+2]. The van der Waals surface area contributed by atoms with Crippen molar-refractivity contribution in [1.82, 2.24) is 0 Å². The summed E-state index contributed by atoms with van der Waals surface area (Å²) in [5, 5.41) is 0. The van der Waals surface area contributed by atoms with Crippen LogP contribution in [0.2, 0.25) is 0 Å². The summed E-state index contributed by atoms with van der Waals surface area (Å²) >= 11 is 9.41. The summed E-state index contributed by atoms with van der Waals surface area (Å²) in [5.41, 5.74) is 0. The van der Waals surface area contributed by atoms with E-state index in [1.165, 1.54) is 12.8 Å². The van der Waals surface area contributed by atoms with Gasteiger partial charge in [0, 0.05) is 26.4 Å². The van der Waals surface area contributed by atoms with Gasteiger partial charge in [0.2, 0.25) is 0 Å².